The first-order chi connectivity index (χ1) is 11.2. The van der Waals surface area contributed by atoms with Crippen LogP contribution in [0.5, 0.6) is 0 Å². The second-order valence-electron chi connectivity index (χ2n) is 4.94. The highest BCUT2D eigenvalue weighted by atomic mass is 16.7. The number of hydrogen-bond acceptors (Lipinski definition) is 3. The average Bonchev–Trinajstić information content (AvgIpc) is 2.98. The van der Waals surface area contributed by atoms with Crippen molar-refractivity contribution in [3.8, 4) is 0 Å². The Balaban J connectivity index is 0.000000168. The molecule has 0 aliphatic rings. The van der Waals surface area contributed by atoms with Gasteiger partial charge in [0.2, 0.25) is 0 Å². The van der Waals surface area contributed by atoms with Crippen molar-refractivity contribution in [3.05, 3.63) is 71.9 Å². The maximum atomic E-state index is 9.95. The van der Waals surface area contributed by atoms with Gasteiger partial charge in [-0.2, -0.15) is 0 Å². The molecule has 5 nitrogen and oxygen atoms in total. The molecule has 23 heavy (non-hydrogen) atoms. The van der Waals surface area contributed by atoms with E-state index in [4.69, 9.17) is 10.8 Å². The van der Waals surface area contributed by atoms with Crippen LogP contribution in [0, 0.1) is 0 Å². The van der Waals surface area contributed by atoms with Crippen LogP contribution in [0.1, 0.15) is 11.1 Å². The van der Waals surface area contributed by atoms with Crippen molar-refractivity contribution in [2.24, 2.45) is 5.73 Å². The van der Waals surface area contributed by atoms with E-state index in [1.165, 1.54) is 16.5 Å². The molecule has 0 spiro atoms. The maximum Gasteiger partial charge on any atom is 0.506 e. The quantitative estimate of drug-likeness (QED) is 0.643. The van der Waals surface area contributed by atoms with Crippen molar-refractivity contribution in [3.63, 3.8) is 0 Å². The third kappa shape index (κ3) is 5.16. The van der Waals surface area contributed by atoms with Crippen molar-refractivity contribution < 1.29 is 14.6 Å². The number of benzene rings is 2. The molecule has 120 valence electrons. The fourth-order valence-electron chi connectivity index (χ4n) is 2.21. The molecule has 1 aromatic heterocycles. The molecule has 5 heteroatoms. The fourth-order valence-corrected chi connectivity index (χ4v) is 2.21. The van der Waals surface area contributed by atoms with Crippen LogP contribution in [-0.4, -0.2) is 22.8 Å². The van der Waals surface area contributed by atoms with Crippen LogP contribution in [0.2, 0.25) is 0 Å². The van der Waals surface area contributed by atoms with Gasteiger partial charge in [-0.3, -0.25) is 0 Å². The van der Waals surface area contributed by atoms with Gasteiger partial charge in [0.1, 0.15) is 6.61 Å². The van der Waals surface area contributed by atoms with Crippen LogP contribution in [0.15, 0.2) is 60.8 Å². The molecule has 0 saturated carbocycles. The zero-order chi connectivity index (χ0) is 16.5. The molecule has 0 saturated heterocycles. The van der Waals surface area contributed by atoms with Gasteiger partial charge in [0.05, 0.1) is 0 Å². The molecular formula is C18H20N2O3. The van der Waals surface area contributed by atoms with Crippen LogP contribution in [0.4, 0.5) is 4.79 Å². The van der Waals surface area contributed by atoms with Gasteiger partial charge < -0.3 is 20.6 Å². The highest BCUT2D eigenvalue weighted by Gasteiger charge is 2.00. The molecule has 4 N–H and O–H groups in total. The summed E-state index contributed by atoms with van der Waals surface area (Å²) in [4.78, 5) is 13.2. The third-order valence-electron chi connectivity index (χ3n) is 3.29. The van der Waals surface area contributed by atoms with Gasteiger partial charge in [0, 0.05) is 17.1 Å². The number of hydrogen-bond donors (Lipinski definition) is 3. The summed E-state index contributed by atoms with van der Waals surface area (Å²) in [5, 5.41) is 9.45. The van der Waals surface area contributed by atoms with Crippen LogP contribution in [0.3, 0.4) is 0 Å². The second-order valence-corrected chi connectivity index (χ2v) is 4.94. The molecular weight excluding hydrogens is 292 g/mol. The first-order valence-electron chi connectivity index (χ1n) is 7.35. The van der Waals surface area contributed by atoms with Crippen LogP contribution in [0.25, 0.3) is 10.9 Å². The lowest BCUT2D eigenvalue weighted by Gasteiger charge is -1.98. The standard InChI is InChI=1S/C10H12N2.C8H8O3/c11-6-5-8-7-12-10-4-2-1-3-9(8)10;9-8(10)11-6-7-4-2-1-3-5-7/h1-4,7,12H,5-6,11H2;1-5H,6H2,(H,9,10). The lowest BCUT2D eigenvalue weighted by molar-refractivity contribution is 0.0854. The average molecular weight is 312 g/mol. The van der Waals surface area contributed by atoms with E-state index >= 15 is 0 Å². The number of nitrogens with two attached hydrogens (primary N) is 1. The van der Waals surface area contributed by atoms with Gasteiger partial charge in [-0.15, -0.1) is 0 Å². The molecule has 0 aliphatic heterocycles. The van der Waals surface area contributed by atoms with Crippen molar-refractivity contribution in [1.29, 1.82) is 0 Å². The Labute approximate surface area is 134 Å². The summed E-state index contributed by atoms with van der Waals surface area (Å²) < 4.78 is 4.34. The predicted molar refractivity (Wildman–Crippen MR) is 90.3 cm³/mol. The van der Waals surface area contributed by atoms with Crippen molar-refractivity contribution >= 4 is 17.1 Å². The summed E-state index contributed by atoms with van der Waals surface area (Å²) in [5.74, 6) is 0. The number of ether oxygens (including phenoxy) is 1. The highest BCUT2D eigenvalue weighted by molar-refractivity contribution is 5.83. The van der Waals surface area contributed by atoms with E-state index in [0.29, 0.717) is 6.54 Å². The molecule has 1 heterocycles. The molecule has 0 radical (unpaired) electrons. The number of aromatic amines is 1. The zero-order valence-electron chi connectivity index (χ0n) is 12.7. The summed E-state index contributed by atoms with van der Waals surface area (Å²) in [5.41, 5.74) is 8.86. The van der Waals surface area contributed by atoms with E-state index in [0.717, 1.165) is 12.0 Å². The van der Waals surface area contributed by atoms with Crippen LogP contribution in [-0.2, 0) is 17.8 Å². The number of para-hydroxylation sites is 1. The van der Waals surface area contributed by atoms with E-state index < -0.39 is 6.16 Å². The smallest absolute Gasteiger partial charge is 0.450 e. The van der Waals surface area contributed by atoms with Crippen LogP contribution >= 0.6 is 0 Å². The summed E-state index contributed by atoms with van der Waals surface area (Å²) in [6.45, 7) is 0.831. The number of nitrogens with one attached hydrogen (secondary N) is 1. The van der Waals surface area contributed by atoms with E-state index in [2.05, 4.69) is 27.9 Å². The molecule has 0 fully saturated rings. The van der Waals surface area contributed by atoms with Crippen LogP contribution < -0.4 is 5.73 Å². The highest BCUT2D eigenvalue weighted by Crippen LogP contribution is 2.17. The Kier molecular flexibility index (Phi) is 6.20. The number of H-pyrrole nitrogens is 1. The van der Waals surface area contributed by atoms with Crippen molar-refractivity contribution in [1.82, 2.24) is 4.98 Å². The second kappa shape index (κ2) is 8.60. The Hall–Kier alpha value is -2.79. The largest absolute Gasteiger partial charge is 0.506 e. The number of carboxylic acid groups (broad SMARTS) is 1. The number of carbonyl (C=O) groups is 1. The molecule has 3 aromatic rings. The monoisotopic (exact) mass is 312 g/mol. The summed E-state index contributed by atoms with van der Waals surface area (Å²) in [7, 11) is 0. The van der Waals surface area contributed by atoms with Gasteiger partial charge in [0.25, 0.3) is 0 Å². The van der Waals surface area contributed by atoms with Gasteiger partial charge in [-0.25, -0.2) is 4.79 Å². The molecule has 0 amide bonds. The minimum absolute atomic E-state index is 0.121. The topological polar surface area (TPSA) is 88.3 Å². The number of aromatic nitrogens is 1. The molecule has 0 atom stereocenters. The minimum atomic E-state index is -1.24. The van der Waals surface area contributed by atoms with Crippen molar-refractivity contribution in [2.75, 3.05) is 6.54 Å². The first-order valence-corrected chi connectivity index (χ1v) is 7.35. The van der Waals surface area contributed by atoms with E-state index in [1.54, 1.807) is 0 Å². The van der Waals surface area contributed by atoms with Crippen molar-refractivity contribution in [2.45, 2.75) is 13.0 Å². The minimum Gasteiger partial charge on any atom is -0.450 e. The molecule has 0 bridgehead atoms. The fraction of sp³-hybridized carbons (Fsp3) is 0.167. The van der Waals surface area contributed by atoms with E-state index in [-0.39, 0.29) is 6.61 Å². The Morgan fingerprint density at radius 1 is 1.09 bits per heavy atom. The Morgan fingerprint density at radius 3 is 2.48 bits per heavy atom. The van der Waals surface area contributed by atoms with Gasteiger partial charge in [-0.1, -0.05) is 48.5 Å². The Bertz CT molecular complexity index is 738. The van der Waals surface area contributed by atoms with Gasteiger partial charge >= 0.3 is 6.16 Å². The lowest BCUT2D eigenvalue weighted by Crippen LogP contribution is -2.01. The van der Waals surface area contributed by atoms with Gasteiger partial charge in [-0.05, 0) is 30.2 Å². The van der Waals surface area contributed by atoms with Gasteiger partial charge in [0.15, 0.2) is 0 Å². The molecule has 0 aliphatic carbocycles. The summed E-state index contributed by atoms with van der Waals surface area (Å²) in [6, 6.07) is 17.4. The molecule has 3 rings (SSSR count). The third-order valence-corrected chi connectivity index (χ3v) is 3.29. The maximum absolute atomic E-state index is 9.95. The number of rotatable bonds is 4. The first kappa shape index (κ1) is 16.6. The SMILES string of the molecule is NCCc1c[nH]c2ccccc12.O=C(O)OCc1ccccc1. The normalized spacial score (nSPS) is 9.96. The van der Waals surface area contributed by atoms with E-state index in [9.17, 15) is 4.79 Å². The molecule has 0 unspecified atom stereocenters. The molecule has 2 aromatic carbocycles. The zero-order valence-corrected chi connectivity index (χ0v) is 12.7. The predicted octanol–water partition coefficient (Wildman–Crippen LogP) is 3.55. The number of fused-ring (bicyclic) bond motifs is 1. The van der Waals surface area contributed by atoms with E-state index in [1.807, 2.05) is 42.6 Å². The lowest BCUT2D eigenvalue weighted by atomic mass is 10.1. The summed E-state index contributed by atoms with van der Waals surface area (Å²) in [6.07, 6.45) is 1.75. The summed E-state index contributed by atoms with van der Waals surface area (Å²) >= 11 is 0. The Morgan fingerprint density at radius 2 is 1.78 bits per heavy atom.